The number of piperidine rings is 1. The van der Waals surface area contributed by atoms with Crippen LogP contribution >= 0.6 is 0 Å². The normalized spacial score (nSPS) is 31.6. The van der Waals surface area contributed by atoms with Gasteiger partial charge in [-0.3, -0.25) is 0 Å². The predicted octanol–water partition coefficient (Wildman–Crippen LogP) is 3.22. The molecule has 2 unspecified atom stereocenters. The molecule has 2 heteroatoms. The summed E-state index contributed by atoms with van der Waals surface area (Å²) in [6.45, 7) is 6.92. The van der Waals surface area contributed by atoms with Crippen molar-refractivity contribution >= 4 is 0 Å². The molecule has 0 bridgehead atoms. The molecule has 0 radical (unpaired) electrons. The maximum atomic E-state index is 5.41. The van der Waals surface area contributed by atoms with E-state index in [4.69, 9.17) is 4.74 Å². The van der Waals surface area contributed by atoms with Gasteiger partial charge >= 0.3 is 0 Å². The van der Waals surface area contributed by atoms with Gasteiger partial charge in [-0.15, -0.1) is 0 Å². The predicted molar refractivity (Wildman–Crippen MR) is 72.2 cm³/mol. The van der Waals surface area contributed by atoms with Gasteiger partial charge in [0, 0.05) is 13.2 Å². The van der Waals surface area contributed by atoms with E-state index >= 15 is 0 Å². The van der Waals surface area contributed by atoms with E-state index in [1.54, 1.807) is 0 Å². The minimum absolute atomic E-state index is 0.895. The molecule has 1 N–H and O–H groups in total. The Hall–Kier alpha value is -0.0800. The van der Waals surface area contributed by atoms with Crippen LogP contribution in [0, 0.1) is 17.8 Å². The van der Waals surface area contributed by atoms with Crippen molar-refractivity contribution < 1.29 is 4.74 Å². The second kappa shape index (κ2) is 7.38. The molecular weight excluding hydrogens is 210 g/mol. The second-order valence-corrected chi connectivity index (χ2v) is 6.07. The Morgan fingerprint density at radius 3 is 2.59 bits per heavy atom. The van der Waals surface area contributed by atoms with E-state index in [1.165, 1.54) is 58.0 Å². The average molecular weight is 239 g/mol. The third-order valence-corrected chi connectivity index (χ3v) is 4.74. The summed E-state index contributed by atoms with van der Waals surface area (Å²) in [5.41, 5.74) is 0. The number of hydrogen-bond donors (Lipinski definition) is 1. The van der Waals surface area contributed by atoms with Crippen molar-refractivity contribution in [3.05, 3.63) is 0 Å². The number of ether oxygens (including phenoxy) is 1. The highest BCUT2D eigenvalue weighted by atomic mass is 16.5. The molecule has 2 aliphatic heterocycles. The average Bonchev–Trinajstić information content (AvgIpc) is 2.38. The van der Waals surface area contributed by atoms with E-state index in [2.05, 4.69) is 12.2 Å². The van der Waals surface area contributed by atoms with Crippen LogP contribution in [0.1, 0.15) is 51.9 Å². The maximum Gasteiger partial charge on any atom is 0.0468 e. The third-order valence-electron chi connectivity index (χ3n) is 4.74. The first-order valence-electron chi connectivity index (χ1n) is 7.64. The number of nitrogens with one attached hydrogen (secondary N) is 1. The fraction of sp³-hybridized carbons (Fsp3) is 1.00. The Kier molecular flexibility index (Phi) is 5.79. The zero-order valence-electron chi connectivity index (χ0n) is 11.4. The number of hydrogen-bond acceptors (Lipinski definition) is 2. The van der Waals surface area contributed by atoms with Crippen LogP contribution in [0.15, 0.2) is 0 Å². The monoisotopic (exact) mass is 239 g/mol. The van der Waals surface area contributed by atoms with Gasteiger partial charge in [0.25, 0.3) is 0 Å². The van der Waals surface area contributed by atoms with Gasteiger partial charge in [0.1, 0.15) is 0 Å². The first-order chi connectivity index (χ1) is 8.36. The molecule has 0 aromatic carbocycles. The van der Waals surface area contributed by atoms with Crippen molar-refractivity contribution in [3.63, 3.8) is 0 Å². The van der Waals surface area contributed by atoms with Gasteiger partial charge in [0.05, 0.1) is 0 Å². The molecule has 0 aromatic heterocycles. The van der Waals surface area contributed by atoms with Gasteiger partial charge in [0.15, 0.2) is 0 Å². The molecule has 2 aliphatic rings. The van der Waals surface area contributed by atoms with Crippen molar-refractivity contribution in [2.45, 2.75) is 51.9 Å². The van der Waals surface area contributed by atoms with Crippen molar-refractivity contribution in [2.75, 3.05) is 26.3 Å². The minimum atomic E-state index is 0.895. The van der Waals surface area contributed by atoms with Crippen LogP contribution in [0.2, 0.25) is 0 Å². The molecule has 0 spiro atoms. The lowest BCUT2D eigenvalue weighted by atomic mass is 9.83. The van der Waals surface area contributed by atoms with Crippen molar-refractivity contribution in [2.24, 2.45) is 17.8 Å². The fourth-order valence-electron chi connectivity index (χ4n) is 3.37. The quantitative estimate of drug-likeness (QED) is 0.744. The Bertz CT molecular complexity index is 201. The van der Waals surface area contributed by atoms with E-state index in [0.717, 1.165) is 31.0 Å². The van der Waals surface area contributed by atoms with Gasteiger partial charge in [-0.2, -0.15) is 0 Å². The molecule has 0 aromatic rings. The smallest absolute Gasteiger partial charge is 0.0468 e. The lowest BCUT2D eigenvalue weighted by molar-refractivity contribution is 0.0629. The molecule has 100 valence electrons. The largest absolute Gasteiger partial charge is 0.381 e. The highest BCUT2D eigenvalue weighted by Gasteiger charge is 2.20. The standard InChI is InChI=1S/C15H29NO/c1-13-12-16-9-6-15(13)5-3-2-4-14-7-10-17-11-8-14/h13-16H,2-12H2,1H3. The van der Waals surface area contributed by atoms with Crippen molar-refractivity contribution in [1.82, 2.24) is 5.32 Å². The Labute approximate surface area is 107 Å². The van der Waals surface area contributed by atoms with E-state index in [-0.39, 0.29) is 0 Å². The lowest BCUT2D eigenvalue weighted by Crippen LogP contribution is -2.34. The lowest BCUT2D eigenvalue weighted by Gasteiger charge is -2.29. The SMILES string of the molecule is CC1CNCCC1CCCCC1CCOCC1. The Balaban J connectivity index is 1.53. The second-order valence-electron chi connectivity index (χ2n) is 6.07. The first-order valence-corrected chi connectivity index (χ1v) is 7.64. The molecule has 2 saturated heterocycles. The fourth-order valence-corrected chi connectivity index (χ4v) is 3.37. The molecular formula is C15H29NO. The Morgan fingerprint density at radius 1 is 1.06 bits per heavy atom. The van der Waals surface area contributed by atoms with E-state index in [9.17, 15) is 0 Å². The molecule has 17 heavy (non-hydrogen) atoms. The molecule has 2 atom stereocenters. The van der Waals surface area contributed by atoms with Crippen LogP contribution in [0.25, 0.3) is 0 Å². The van der Waals surface area contributed by atoms with Crippen LogP contribution in [-0.4, -0.2) is 26.3 Å². The number of rotatable bonds is 5. The summed E-state index contributed by atoms with van der Waals surface area (Å²) in [5.74, 6) is 2.85. The van der Waals surface area contributed by atoms with Crippen molar-refractivity contribution in [3.8, 4) is 0 Å². The zero-order chi connectivity index (χ0) is 11.9. The molecule has 0 amide bonds. The van der Waals surface area contributed by atoms with Gasteiger partial charge in [-0.25, -0.2) is 0 Å². The molecule has 0 saturated carbocycles. The highest BCUT2D eigenvalue weighted by Crippen LogP contribution is 2.26. The number of unbranched alkanes of at least 4 members (excludes halogenated alkanes) is 1. The summed E-state index contributed by atoms with van der Waals surface area (Å²) in [5, 5.41) is 3.49. The molecule has 2 rings (SSSR count). The van der Waals surface area contributed by atoms with Crippen LogP contribution < -0.4 is 5.32 Å². The van der Waals surface area contributed by atoms with Crippen LogP contribution in [0.5, 0.6) is 0 Å². The topological polar surface area (TPSA) is 21.3 Å². The minimum Gasteiger partial charge on any atom is -0.381 e. The molecule has 2 fully saturated rings. The maximum absolute atomic E-state index is 5.41. The van der Waals surface area contributed by atoms with Crippen LogP contribution in [-0.2, 0) is 4.74 Å². The van der Waals surface area contributed by atoms with Crippen LogP contribution in [0.3, 0.4) is 0 Å². The van der Waals surface area contributed by atoms with E-state index in [1.807, 2.05) is 0 Å². The summed E-state index contributed by atoms with van der Waals surface area (Å²) < 4.78 is 5.41. The van der Waals surface area contributed by atoms with Gasteiger partial charge < -0.3 is 10.1 Å². The molecule has 2 heterocycles. The highest BCUT2D eigenvalue weighted by molar-refractivity contribution is 4.75. The van der Waals surface area contributed by atoms with Gasteiger partial charge in [-0.05, 0) is 50.1 Å². The first kappa shape index (κ1) is 13.4. The summed E-state index contributed by atoms with van der Waals surface area (Å²) in [4.78, 5) is 0. The van der Waals surface area contributed by atoms with Gasteiger partial charge in [0.2, 0.25) is 0 Å². The molecule has 0 aliphatic carbocycles. The Morgan fingerprint density at radius 2 is 1.82 bits per heavy atom. The molecule has 2 nitrogen and oxygen atoms in total. The third kappa shape index (κ3) is 4.59. The summed E-state index contributed by atoms with van der Waals surface area (Å²) >= 11 is 0. The summed E-state index contributed by atoms with van der Waals surface area (Å²) in [6, 6.07) is 0. The van der Waals surface area contributed by atoms with Crippen molar-refractivity contribution in [1.29, 1.82) is 0 Å². The van der Waals surface area contributed by atoms with Gasteiger partial charge in [-0.1, -0.05) is 32.6 Å². The van der Waals surface area contributed by atoms with Crippen LogP contribution in [0.4, 0.5) is 0 Å². The summed E-state index contributed by atoms with van der Waals surface area (Å²) in [7, 11) is 0. The summed E-state index contributed by atoms with van der Waals surface area (Å²) in [6.07, 6.45) is 9.83. The van der Waals surface area contributed by atoms with E-state index < -0.39 is 0 Å². The van der Waals surface area contributed by atoms with E-state index in [0.29, 0.717) is 0 Å². The zero-order valence-corrected chi connectivity index (χ0v) is 11.4.